The minimum absolute atomic E-state index is 0.354. The van der Waals surface area contributed by atoms with E-state index in [4.69, 9.17) is 28.4 Å². The Morgan fingerprint density at radius 3 is 2.03 bits per heavy atom. The van der Waals surface area contributed by atoms with E-state index in [1.165, 1.54) is 7.11 Å². The zero-order chi connectivity index (χ0) is 24.0. The molecule has 33 heavy (non-hydrogen) atoms. The van der Waals surface area contributed by atoms with E-state index in [2.05, 4.69) is 0 Å². The molecule has 0 aliphatic carbocycles. The molecule has 0 heterocycles. The Balaban J connectivity index is 2.00. The number of carbonyl (C=O) groups is 1. The molecule has 0 atom stereocenters. The van der Waals surface area contributed by atoms with Gasteiger partial charge in [-0.1, -0.05) is 24.3 Å². The fraction of sp³-hybridized carbons (Fsp3) is 0.269. The highest BCUT2D eigenvalue weighted by Gasteiger charge is 2.25. The van der Waals surface area contributed by atoms with Gasteiger partial charge in [-0.15, -0.1) is 0 Å². The number of benzene rings is 3. The molecule has 174 valence electrons. The molecule has 0 bridgehead atoms. The number of carbonyl (C=O) groups excluding carboxylic acids is 1. The lowest BCUT2D eigenvalue weighted by Crippen LogP contribution is -2.05. The van der Waals surface area contributed by atoms with Gasteiger partial charge in [-0.2, -0.15) is 0 Å². The summed E-state index contributed by atoms with van der Waals surface area (Å²) in [6.45, 7) is 1.95. The molecule has 0 amide bonds. The second-order valence-corrected chi connectivity index (χ2v) is 7.15. The molecule has 3 aromatic rings. The average Bonchev–Trinajstić information content (AvgIpc) is 2.84. The van der Waals surface area contributed by atoms with Crippen molar-refractivity contribution >= 4 is 5.97 Å². The van der Waals surface area contributed by atoms with Crippen LogP contribution in [0.4, 0.5) is 0 Å². The third kappa shape index (κ3) is 4.82. The minimum atomic E-state index is -0.459. The van der Waals surface area contributed by atoms with Crippen molar-refractivity contribution in [2.45, 2.75) is 13.3 Å². The SMILES string of the molecule is COC(=O)c1ccccc1Oc1cccc(Cc2c(C)c(OC)c(OC)c(OC)c2OC)c1. The fourth-order valence-electron chi connectivity index (χ4n) is 3.75. The second kappa shape index (κ2) is 10.6. The standard InChI is InChI=1S/C26H28O7/c1-16-20(23(29-3)25(31-5)24(30-4)22(16)28-2)15-17-10-9-11-18(14-17)33-21-13-8-7-12-19(21)26(27)32-6/h7-14H,15H2,1-6H3. The number of esters is 1. The second-order valence-electron chi connectivity index (χ2n) is 7.15. The average molecular weight is 453 g/mol. The summed E-state index contributed by atoms with van der Waals surface area (Å²) in [5, 5.41) is 0. The Morgan fingerprint density at radius 1 is 0.758 bits per heavy atom. The van der Waals surface area contributed by atoms with Gasteiger partial charge in [0.05, 0.1) is 35.5 Å². The Morgan fingerprint density at radius 2 is 1.39 bits per heavy atom. The van der Waals surface area contributed by atoms with Crippen molar-refractivity contribution in [2.75, 3.05) is 35.5 Å². The quantitative estimate of drug-likeness (QED) is 0.413. The zero-order valence-electron chi connectivity index (χ0n) is 19.7. The first-order valence-corrected chi connectivity index (χ1v) is 10.3. The van der Waals surface area contributed by atoms with Crippen molar-refractivity contribution in [3.8, 4) is 34.5 Å². The van der Waals surface area contributed by atoms with Crippen molar-refractivity contribution < 1.29 is 33.2 Å². The smallest absolute Gasteiger partial charge is 0.341 e. The van der Waals surface area contributed by atoms with E-state index in [-0.39, 0.29) is 0 Å². The van der Waals surface area contributed by atoms with E-state index >= 15 is 0 Å². The van der Waals surface area contributed by atoms with E-state index in [1.807, 2.05) is 31.2 Å². The van der Waals surface area contributed by atoms with E-state index < -0.39 is 5.97 Å². The fourth-order valence-corrected chi connectivity index (χ4v) is 3.75. The molecule has 0 radical (unpaired) electrons. The van der Waals surface area contributed by atoms with Crippen LogP contribution in [0.1, 0.15) is 27.0 Å². The van der Waals surface area contributed by atoms with E-state index in [9.17, 15) is 4.79 Å². The third-order valence-corrected chi connectivity index (χ3v) is 5.30. The van der Waals surface area contributed by atoms with Crippen molar-refractivity contribution in [1.82, 2.24) is 0 Å². The predicted molar refractivity (Wildman–Crippen MR) is 124 cm³/mol. The first-order valence-electron chi connectivity index (χ1n) is 10.3. The van der Waals surface area contributed by atoms with Crippen LogP contribution in [0, 0.1) is 6.92 Å². The molecule has 0 fully saturated rings. The maximum absolute atomic E-state index is 12.1. The number of rotatable bonds is 9. The van der Waals surface area contributed by atoms with Crippen molar-refractivity contribution in [3.05, 3.63) is 70.8 Å². The molecule has 0 spiro atoms. The van der Waals surface area contributed by atoms with Gasteiger partial charge in [-0.05, 0) is 36.8 Å². The summed E-state index contributed by atoms with van der Waals surface area (Å²) < 4.78 is 33.3. The number of hydrogen-bond donors (Lipinski definition) is 0. The Labute approximate surface area is 193 Å². The molecule has 7 nitrogen and oxygen atoms in total. The van der Waals surface area contributed by atoms with Crippen LogP contribution in [-0.2, 0) is 11.2 Å². The summed E-state index contributed by atoms with van der Waals surface area (Å²) >= 11 is 0. The number of methoxy groups -OCH3 is 5. The van der Waals surface area contributed by atoms with Crippen LogP contribution in [0.3, 0.4) is 0 Å². The van der Waals surface area contributed by atoms with E-state index in [0.717, 1.165) is 16.7 Å². The number of hydrogen-bond acceptors (Lipinski definition) is 7. The van der Waals surface area contributed by atoms with Gasteiger partial charge < -0.3 is 28.4 Å². The van der Waals surface area contributed by atoms with Crippen LogP contribution >= 0.6 is 0 Å². The lowest BCUT2D eigenvalue weighted by atomic mass is 9.97. The molecule has 3 rings (SSSR count). The van der Waals surface area contributed by atoms with Crippen LogP contribution in [-0.4, -0.2) is 41.5 Å². The van der Waals surface area contributed by atoms with Crippen LogP contribution in [0.2, 0.25) is 0 Å². The Kier molecular flexibility index (Phi) is 7.66. The monoisotopic (exact) mass is 452 g/mol. The van der Waals surface area contributed by atoms with Crippen molar-refractivity contribution in [2.24, 2.45) is 0 Å². The van der Waals surface area contributed by atoms with Gasteiger partial charge in [-0.3, -0.25) is 0 Å². The highest BCUT2D eigenvalue weighted by Crippen LogP contribution is 2.49. The first kappa shape index (κ1) is 23.8. The van der Waals surface area contributed by atoms with Gasteiger partial charge in [0.25, 0.3) is 0 Å². The van der Waals surface area contributed by atoms with Gasteiger partial charge in [-0.25, -0.2) is 4.79 Å². The third-order valence-electron chi connectivity index (χ3n) is 5.30. The van der Waals surface area contributed by atoms with Crippen LogP contribution in [0.15, 0.2) is 48.5 Å². The summed E-state index contributed by atoms with van der Waals surface area (Å²) in [6, 6.07) is 14.6. The maximum atomic E-state index is 12.1. The molecule has 3 aromatic carbocycles. The highest BCUT2D eigenvalue weighted by molar-refractivity contribution is 5.92. The molecular weight excluding hydrogens is 424 g/mol. The normalized spacial score (nSPS) is 10.4. The molecular formula is C26H28O7. The molecule has 0 saturated heterocycles. The predicted octanol–water partition coefficient (Wildman–Crippen LogP) is 5.20. The Hall–Kier alpha value is -3.87. The Bertz CT molecular complexity index is 1140. The van der Waals surface area contributed by atoms with E-state index in [1.54, 1.807) is 52.7 Å². The van der Waals surface area contributed by atoms with Gasteiger partial charge in [0, 0.05) is 17.5 Å². The van der Waals surface area contributed by atoms with Crippen molar-refractivity contribution in [3.63, 3.8) is 0 Å². The number of para-hydroxylation sites is 1. The molecule has 0 saturated carbocycles. The molecule has 0 unspecified atom stereocenters. The van der Waals surface area contributed by atoms with Crippen LogP contribution in [0.25, 0.3) is 0 Å². The largest absolute Gasteiger partial charge is 0.492 e. The van der Waals surface area contributed by atoms with Gasteiger partial charge in [0.1, 0.15) is 17.1 Å². The molecule has 7 heteroatoms. The van der Waals surface area contributed by atoms with Crippen molar-refractivity contribution in [1.29, 1.82) is 0 Å². The lowest BCUT2D eigenvalue weighted by Gasteiger charge is -2.21. The summed E-state index contributed by atoms with van der Waals surface area (Å²) in [6.07, 6.45) is 0.529. The minimum Gasteiger partial charge on any atom is -0.492 e. The van der Waals surface area contributed by atoms with Gasteiger partial charge in [0.15, 0.2) is 11.5 Å². The van der Waals surface area contributed by atoms with Crippen LogP contribution < -0.4 is 23.7 Å². The van der Waals surface area contributed by atoms with E-state index in [0.29, 0.717) is 46.5 Å². The van der Waals surface area contributed by atoms with Gasteiger partial charge >= 0.3 is 5.97 Å². The zero-order valence-corrected chi connectivity index (χ0v) is 19.7. The molecule has 0 aliphatic heterocycles. The summed E-state index contributed by atoms with van der Waals surface area (Å²) in [7, 11) is 7.65. The molecule has 0 aliphatic rings. The maximum Gasteiger partial charge on any atom is 0.341 e. The summed E-state index contributed by atoms with van der Waals surface area (Å²) in [5.41, 5.74) is 3.11. The number of ether oxygens (including phenoxy) is 6. The highest BCUT2D eigenvalue weighted by atomic mass is 16.5. The summed E-state index contributed by atoms with van der Waals surface area (Å²) in [4.78, 5) is 12.1. The lowest BCUT2D eigenvalue weighted by molar-refractivity contribution is 0.0598. The van der Waals surface area contributed by atoms with Gasteiger partial charge in [0.2, 0.25) is 11.5 Å². The topological polar surface area (TPSA) is 72.5 Å². The first-order chi connectivity index (χ1) is 16.0. The molecule has 0 N–H and O–H groups in total. The van der Waals surface area contributed by atoms with Crippen LogP contribution in [0.5, 0.6) is 34.5 Å². The summed E-state index contributed by atoms with van der Waals surface area (Å²) in [5.74, 6) is 2.67. The molecule has 0 aromatic heterocycles.